The molecular formula is C26H31N3O5. The third kappa shape index (κ3) is 5.29. The van der Waals surface area contributed by atoms with Crippen molar-refractivity contribution in [1.82, 2.24) is 14.8 Å². The number of nitrogens with zero attached hydrogens (tertiary/aromatic N) is 3. The van der Waals surface area contributed by atoms with E-state index < -0.39 is 17.7 Å². The predicted octanol–water partition coefficient (Wildman–Crippen LogP) is 3.01. The van der Waals surface area contributed by atoms with Gasteiger partial charge in [-0.2, -0.15) is 0 Å². The number of amides is 1. The first kappa shape index (κ1) is 23.9. The minimum atomic E-state index is -0.738. The minimum absolute atomic E-state index is 0.0198. The van der Waals surface area contributed by atoms with Gasteiger partial charge in [0.2, 0.25) is 0 Å². The molecule has 34 heavy (non-hydrogen) atoms. The van der Waals surface area contributed by atoms with Crippen molar-refractivity contribution in [2.45, 2.75) is 32.4 Å². The maximum absolute atomic E-state index is 13.1. The highest BCUT2D eigenvalue weighted by atomic mass is 16.5. The van der Waals surface area contributed by atoms with E-state index in [1.807, 2.05) is 19.9 Å². The lowest BCUT2D eigenvalue weighted by molar-refractivity contribution is -0.140. The normalized spacial score (nSPS) is 20.8. The Morgan fingerprint density at radius 1 is 1.12 bits per heavy atom. The van der Waals surface area contributed by atoms with Crippen LogP contribution < -0.4 is 4.74 Å². The quantitative estimate of drug-likeness (QED) is 0.364. The smallest absolute Gasteiger partial charge is 0.295 e. The summed E-state index contributed by atoms with van der Waals surface area (Å²) in [6.45, 7) is 8.19. The molecule has 180 valence electrons. The molecule has 0 bridgehead atoms. The van der Waals surface area contributed by atoms with Gasteiger partial charge in [-0.1, -0.05) is 6.07 Å². The number of pyridine rings is 1. The number of Topliss-reactive ketones (excluding diaryl/α,β-unsaturated/α-hetero) is 1. The Bertz CT molecular complexity index is 1030. The number of ketones is 1. The number of carbonyl (C=O) groups is 2. The zero-order valence-corrected chi connectivity index (χ0v) is 19.6. The number of morpholine rings is 1. The largest absolute Gasteiger partial charge is 0.507 e. The minimum Gasteiger partial charge on any atom is -0.507 e. The SMILES string of the molecule is CC(C)Oc1ccc(C(O)=C2C(=O)C(=O)N(CCCN3CCOCC3)[C@H]2c2ccccn2)cc1. The molecule has 2 aliphatic rings. The standard InChI is InChI=1S/C26H31N3O5/c1-18(2)34-20-9-7-19(8-10-20)24(30)22-23(21-6-3-4-11-27-21)29(26(32)25(22)31)13-5-12-28-14-16-33-17-15-28/h3-4,6-11,18,23,30H,5,12-17H2,1-2H3/t23-/m0/s1. The maximum atomic E-state index is 13.1. The first-order valence-electron chi connectivity index (χ1n) is 11.7. The molecule has 2 fully saturated rings. The third-order valence-corrected chi connectivity index (χ3v) is 5.98. The molecule has 2 aromatic rings. The van der Waals surface area contributed by atoms with Gasteiger partial charge in [-0.3, -0.25) is 19.5 Å². The van der Waals surface area contributed by atoms with Crippen LogP contribution in [0.25, 0.3) is 5.76 Å². The number of aliphatic hydroxyl groups excluding tert-OH is 1. The summed E-state index contributed by atoms with van der Waals surface area (Å²) >= 11 is 0. The molecule has 1 atom stereocenters. The van der Waals surface area contributed by atoms with E-state index in [0.29, 0.717) is 43.2 Å². The monoisotopic (exact) mass is 465 g/mol. The third-order valence-electron chi connectivity index (χ3n) is 5.98. The van der Waals surface area contributed by atoms with Crippen LogP contribution in [0.2, 0.25) is 0 Å². The Hall–Kier alpha value is -3.23. The van der Waals surface area contributed by atoms with Crippen LogP contribution >= 0.6 is 0 Å². The molecule has 0 aliphatic carbocycles. The van der Waals surface area contributed by atoms with Gasteiger partial charge in [0.15, 0.2) is 0 Å². The van der Waals surface area contributed by atoms with Crippen molar-refractivity contribution in [3.63, 3.8) is 0 Å². The lowest BCUT2D eigenvalue weighted by Gasteiger charge is -2.28. The van der Waals surface area contributed by atoms with Gasteiger partial charge < -0.3 is 19.5 Å². The van der Waals surface area contributed by atoms with Gasteiger partial charge in [0.1, 0.15) is 17.6 Å². The van der Waals surface area contributed by atoms with Gasteiger partial charge in [0.05, 0.1) is 30.6 Å². The fourth-order valence-corrected chi connectivity index (χ4v) is 4.36. The van der Waals surface area contributed by atoms with Crippen LogP contribution in [0, 0.1) is 0 Å². The molecular weight excluding hydrogens is 434 g/mol. The van der Waals surface area contributed by atoms with Crippen molar-refractivity contribution in [2.75, 3.05) is 39.4 Å². The molecule has 3 heterocycles. The summed E-state index contributed by atoms with van der Waals surface area (Å²) in [5, 5.41) is 11.1. The molecule has 8 nitrogen and oxygen atoms in total. The number of carbonyl (C=O) groups excluding carboxylic acids is 2. The molecule has 1 N–H and O–H groups in total. The van der Waals surface area contributed by atoms with Crippen molar-refractivity contribution in [2.24, 2.45) is 0 Å². The van der Waals surface area contributed by atoms with E-state index in [2.05, 4.69) is 9.88 Å². The highest BCUT2D eigenvalue weighted by Crippen LogP contribution is 2.38. The van der Waals surface area contributed by atoms with Crippen molar-refractivity contribution in [3.05, 3.63) is 65.5 Å². The van der Waals surface area contributed by atoms with Crippen LogP contribution in [0.1, 0.15) is 37.6 Å². The number of rotatable bonds is 8. The van der Waals surface area contributed by atoms with E-state index in [4.69, 9.17) is 9.47 Å². The highest BCUT2D eigenvalue weighted by molar-refractivity contribution is 6.46. The van der Waals surface area contributed by atoms with E-state index in [0.717, 1.165) is 19.6 Å². The summed E-state index contributed by atoms with van der Waals surface area (Å²) in [5.41, 5.74) is 1.06. The van der Waals surface area contributed by atoms with Crippen molar-refractivity contribution >= 4 is 17.4 Å². The summed E-state index contributed by atoms with van der Waals surface area (Å²) in [4.78, 5) is 34.4. The van der Waals surface area contributed by atoms with Crippen molar-refractivity contribution in [1.29, 1.82) is 0 Å². The predicted molar refractivity (Wildman–Crippen MR) is 127 cm³/mol. The molecule has 2 saturated heterocycles. The Balaban J connectivity index is 1.62. The fourth-order valence-electron chi connectivity index (χ4n) is 4.36. The van der Waals surface area contributed by atoms with E-state index in [9.17, 15) is 14.7 Å². The zero-order chi connectivity index (χ0) is 24.1. The summed E-state index contributed by atoms with van der Waals surface area (Å²) in [5.74, 6) is -0.849. The van der Waals surface area contributed by atoms with E-state index in [1.165, 1.54) is 4.90 Å². The number of aliphatic hydroxyl groups is 1. The maximum Gasteiger partial charge on any atom is 0.295 e. The van der Waals surface area contributed by atoms with E-state index in [-0.39, 0.29) is 17.4 Å². The average molecular weight is 466 g/mol. The van der Waals surface area contributed by atoms with Gasteiger partial charge in [0, 0.05) is 37.9 Å². The van der Waals surface area contributed by atoms with Crippen LogP contribution in [0.5, 0.6) is 5.75 Å². The van der Waals surface area contributed by atoms with E-state index >= 15 is 0 Å². The highest BCUT2D eigenvalue weighted by Gasteiger charge is 2.46. The van der Waals surface area contributed by atoms with Gasteiger partial charge in [-0.05, 0) is 56.7 Å². The summed E-state index contributed by atoms with van der Waals surface area (Å²) in [6.07, 6.45) is 2.35. The molecule has 8 heteroatoms. The lowest BCUT2D eigenvalue weighted by atomic mass is 9.98. The molecule has 1 amide bonds. The lowest BCUT2D eigenvalue weighted by Crippen LogP contribution is -2.39. The second-order valence-electron chi connectivity index (χ2n) is 8.75. The van der Waals surface area contributed by atoms with Crippen LogP contribution in [0.15, 0.2) is 54.2 Å². The van der Waals surface area contributed by atoms with Crippen LogP contribution in [-0.4, -0.2) is 77.1 Å². The second-order valence-corrected chi connectivity index (χ2v) is 8.75. The molecule has 0 saturated carbocycles. The molecule has 0 spiro atoms. The number of hydrogen-bond donors (Lipinski definition) is 1. The van der Waals surface area contributed by atoms with Gasteiger partial charge in [0.25, 0.3) is 11.7 Å². The van der Waals surface area contributed by atoms with Crippen LogP contribution in [0.3, 0.4) is 0 Å². The molecule has 4 rings (SSSR count). The molecule has 0 unspecified atom stereocenters. The van der Waals surface area contributed by atoms with Gasteiger partial charge in [-0.15, -0.1) is 0 Å². The molecule has 1 aromatic carbocycles. The first-order chi connectivity index (χ1) is 16.5. The van der Waals surface area contributed by atoms with Crippen molar-refractivity contribution in [3.8, 4) is 5.75 Å². The Kier molecular flexibility index (Phi) is 7.59. The zero-order valence-electron chi connectivity index (χ0n) is 19.6. The number of aromatic nitrogens is 1. The summed E-state index contributed by atoms with van der Waals surface area (Å²) in [7, 11) is 0. The van der Waals surface area contributed by atoms with Gasteiger partial charge >= 0.3 is 0 Å². The van der Waals surface area contributed by atoms with E-state index in [1.54, 1.807) is 42.6 Å². The summed E-state index contributed by atoms with van der Waals surface area (Å²) in [6, 6.07) is 11.5. The molecule has 2 aliphatic heterocycles. The Labute approximate surface area is 199 Å². The first-order valence-corrected chi connectivity index (χ1v) is 11.7. The summed E-state index contributed by atoms with van der Waals surface area (Å²) < 4.78 is 11.1. The Morgan fingerprint density at radius 2 is 1.85 bits per heavy atom. The number of benzene rings is 1. The number of hydrogen-bond acceptors (Lipinski definition) is 7. The number of ether oxygens (including phenoxy) is 2. The van der Waals surface area contributed by atoms with Crippen molar-refractivity contribution < 1.29 is 24.2 Å². The fraction of sp³-hybridized carbons (Fsp3) is 0.423. The molecule has 0 radical (unpaired) electrons. The van der Waals surface area contributed by atoms with Crippen LogP contribution in [0.4, 0.5) is 0 Å². The van der Waals surface area contributed by atoms with Crippen LogP contribution in [-0.2, 0) is 14.3 Å². The topological polar surface area (TPSA) is 92.2 Å². The molecule has 1 aromatic heterocycles. The van der Waals surface area contributed by atoms with Gasteiger partial charge in [-0.25, -0.2) is 0 Å². The number of likely N-dealkylation sites (tertiary alicyclic amines) is 1. The average Bonchev–Trinajstić information content (AvgIpc) is 3.10. The Morgan fingerprint density at radius 3 is 2.50 bits per heavy atom. The second kappa shape index (κ2) is 10.8.